The van der Waals surface area contributed by atoms with Crippen molar-refractivity contribution in [1.82, 2.24) is 0 Å². The number of anilines is 1. The molecule has 1 N–H and O–H groups in total. The number of carbonyl (C=O) groups is 2. The summed E-state index contributed by atoms with van der Waals surface area (Å²) in [5, 5.41) is 8.78. The molecule has 0 radical (unpaired) electrons. The van der Waals surface area contributed by atoms with Gasteiger partial charge in [-0.3, -0.25) is 4.79 Å². The van der Waals surface area contributed by atoms with Gasteiger partial charge in [0.25, 0.3) is 5.91 Å². The number of carboxylic acids is 1. The van der Waals surface area contributed by atoms with Crippen molar-refractivity contribution in [2.75, 3.05) is 39.4 Å². The van der Waals surface area contributed by atoms with Crippen LogP contribution < -0.4 is 23.8 Å². The van der Waals surface area contributed by atoms with Gasteiger partial charge in [-0.05, 0) is 37.3 Å². The minimum Gasteiger partial charge on any atom is -0.497 e. The SMILES string of the molecule is CCOc1cc(C(=O)N(C)c2ccc(OC)cc2OC)ccc1OCC(=O)O. The third kappa shape index (κ3) is 4.85. The van der Waals surface area contributed by atoms with E-state index in [1.807, 2.05) is 0 Å². The van der Waals surface area contributed by atoms with Gasteiger partial charge < -0.3 is 29.0 Å². The lowest BCUT2D eigenvalue weighted by Crippen LogP contribution is -2.26. The molecule has 0 aliphatic carbocycles. The summed E-state index contributed by atoms with van der Waals surface area (Å²) in [4.78, 5) is 25.1. The Morgan fingerprint density at radius 1 is 0.964 bits per heavy atom. The van der Waals surface area contributed by atoms with Crippen molar-refractivity contribution in [3.63, 3.8) is 0 Å². The second kappa shape index (κ2) is 9.50. The van der Waals surface area contributed by atoms with Gasteiger partial charge in [0, 0.05) is 18.7 Å². The number of methoxy groups -OCH3 is 2. The third-order valence-electron chi connectivity index (χ3n) is 3.89. The zero-order valence-corrected chi connectivity index (χ0v) is 16.2. The molecule has 0 saturated carbocycles. The van der Waals surface area contributed by atoms with Crippen LogP contribution >= 0.6 is 0 Å². The Balaban J connectivity index is 2.32. The van der Waals surface area contributed by atoms with Crippen LogP contribution in [0.5, 0.6) is 23.0 Å². The van der Waals surface area contributed by atoms with Crippen molar-refractivity contribution in [1.29, 1.82) is 0 Å². The van der Waals surface area contributed by atoms with Crippen LogP contribution in [0.2, 0.25) is 0 Å². The molecule has 0 spiro atoms. The Bertz CT molecular complexity index is 850. The van der Waals surface area contributed by atoms with Gasteiger partial charge in [-0.2, -0.15) is 0 Å². The smallest absolute Gasteiger partial charge is 0.341 e. The number of aliphatic carboxylic acids is 1. The van der Waals surface area contributed by atoms with Crippen molar-refractivity contribution in [3.8, 4) is 23.0 Å². The molecule has 8 heteroatoms. The molecule has 0 aromatic heterocycles. The minimum atomic E-state index is -1.10. The number of hydrogen-bond acceptors (Lipinski definition) is 6. The molecule has 2 aromatic rings. The van der Waals surface area contributed by atoms with E-state index in [0.29, 0.717) is 35.1 Å². The average Bonchev–Trinajstić information content (AvgIpc) is 2.71. The van der Waals surface area contributed by atoms with Crippen LogP contribution in [0, 0.1) is 0 Å². The Hall–Kier alpha value is -3.42. The molecule has 150 valence electrons. The van der Waals surface area contributed by atoms with Crippen LogP contribution in [0.4, 0.5) is 5.69 Å². The van der Waals surface area contributed by atoms with E-state index < -0.39 is 12.6 Å². The fourth-order valence-corrected chi connectivity index (χ4v) is 2.53. The fraction of sp³-hybridized carbons (Fsp3) is 0.300. The number of nitrogens with zero attached hydrogens (tertiary/aromatic N) is 1. The molecular weight excluding hydrogens is 366 g/mol. The molecule has 0 saturated heterocycles. The van der Waals surface area contributed by atoms with Crippen molar-refractivity contribution in [3.05, 3.63) is 42.0 Å². The summed E-state index contributed by atoms with van der Waals surface area (Å²) in [6, 6.07) is 9.73. The first-order chi connectivity index (χ1) is 13.4. The third-order valence-corrected chi connectivity index (χ3v) is 3.89. The van der Waals surface area contributed by atoms with E-state index in [9.17, 15) is 9.59 Å². The summed E-state index contributed by atoms with van der Waals surface area (Å²) < 4.78 is 21.2. The van der Waals surface area contributed by atoms with Gasteiger partial charge in [0.15, 0.2) is 18.1 Å². The van der Waals surface area contributed by atoms with Gasteiger partial charge in [-0.15, -0.1) is 0 Å². The molecule has 0 unspecified atom stereocenters. The number of benzene rings is 2. The summed E-state index contributed by atoms with van der Waals surface area (Å²) in [5.41, 5.74) is 0.920. The number of amides is 1. The summed E-state index contributed by atoms with van der Waals surface area (Å²) >= 11 is 0. The summed E-state index contributed by atoms with van der Waals surface area (Å²) in [6.07, 6.45) is 0. The number of carbonyl (C=O) groups excluding carboxylic acids is 1. The summed E-state index contributed by atoms with van der Waals surface area (Å²) in [6.45, 7) is 1.61. The number of ether oxygens (including phenoxy) is 4. The van der Waals surface area contributed by atoms with Crippen molar-refractivity contribution in [2.24, 2.45) is 0 Å². The van der Waals surface area contributed by atoms with Gasteiger partial charge in [-0.25, -0.2) is 4.79 Å². The zero-order valence-electron chi connectivity index (χ0n) is 16.2. The lowest BCUT2D eigenvalue weighted by molar-refractivity contribution is -0.139. The van der Waals surface area contributed by atoms with Crippen molar-refractivity contribution >= 4 is 17.6 Å². The number of carboxylic acid groups (broad SMARTS) is 1. The van der Waals surface area contributed by atoms with Crippen molar-refractivity contribution in [2.45, 2.75) is 6.92 Å². The number of hydrogen-bond donors (Lipinski definition) is 1. The second-order valence-corrected chi connectivity index (χ2v) is 5.68. The predicted octanol–water partition coefficient (Wildman–Crippen LogP) is 2.84. The lowest BCUT2D eigenvalue weighted by atomic mass is 10.1. The summed E-state index contributed by atoms with van der Waals surface area (Å²) in [5.74, 6) is 0.250. The Kier molecular flexibility index (Phi) is 7.08. The molecule has 28 heavy (non-hydrogen) atoms. The Morgan fingerprint density at radius 3 is 2.32 bits per heavy atom. The van der Waals surface area contributed by atoms with Crippen LogP contribution in [0.15, 0.2) is 36.4 Å². The van der Waals surface area contributed by atoms with E-state index in [4.69, 9.17) is 24.1 Å². The van der Waals surface area contributed by atoms with E-state index in [-0.39, 0.29) is 11.7 Å². The average molecular weight is 389 g/mol. The van der Waals surface area contributed by atoms with Crippen molar-refractivity contribution < 1.29 is 33.6 Å². The first-order valence-corrected chi connectivity index (χ1v) is 8.52. The monoisotopic (exact) mass is 389 g/mol. The molecule has 0 heterocycles. The maximum atomic E-state index is 13.0. The highest BCUT2D eigenvalue weighted by atomic mass is 16.5. The Labute approximate surface area is 163 Å². The van der Waals surface area contributed by atoms with Crippen LogP contribution in [-0.2, 0) is 4.79 Å². The molecule has 0 aliphatic rings. The molecule has 0 atom stereocenters. The van der Waals surface area contributed by atoms with Gasteiger partial charge >= 0.3 is 5.97 Å². The van der Waals surface area contributed by atoms with Gasteiger partial charge in [0.1, 0.15) is 11.5 Å². The van der Waals surface area contributed by atoms with E-state index in [0.717, 1.165) is 0 Å². The first kappa shape index (κ1) is 20.9. The van der Waals surface area contributed by atoms with Crippen LogP contribution in [0.25, 0.3) is 0 Å². The molecular formula is C20H23NO7. The van der Waals surface area contributed by atoms with Crippen LogP contribution in [0.1, 0.15) is 17.3 Å². The first-order valence-electron chi connectivity index (χ1n) is 8.52. The van der Waals surface area contributed by atoms with Gasteiger partial charge in [0.2, 0.25) is 0 Å². The van der Waals surface area contributed by atoms with Crippen LogP contribution in [0.3, 0.4) is 0 Å². The maximum Gasteiger partial charge on any atom is 0.341 e. The molecule has 0 fully saturated rings. The second-order valence-electron chi connectivity index (χ2n) is 5.68. The largest absolute Gasteiger partial charge is 0.497 e. The topological polar surface area (TPSA) is 94.5 Å². The molecule has 0 aliphatic heterocycles. The highest BCUT2D eigenvalue weighted by Crippen LogP contribution is 2.34. The Morgan fingerprint density at radius 2 is 1.71 bits per heavy atom. The van der Waals surface area contributed by atoms with E-state index in [1.54, 1.807) is 45.3 Å². The highest BCUT2D eigenvalue weighted by molar-refractivity contribution is 6.07. The van der Waals surface area contributed by atoms with E-state index in [2.05, 4.69) is 0 Å². The van der Waals surface area contributed by atoms with Gasteiger partial charge in [0.05, 0.1) is 26.5 Å². The maximum absolute atomic E-state index is 13.0. The van der Waals surface area contributed by atoms with E-state index in [1.165, 1.54) is 24.1 Å². The quantitative estimate of drug-likeness (QED) is 0.705. The summed E-state index contributed by atoms with van der Waals surface area (Å²) in [7, 11) is 4.69. The molecule has 2 aromatic carbocycles. The van der Waals surface area contributed by atoms with Gasteiger partial charge in [-0.1, -0.05) is 0 Å². The molecule has 2 rings (SSSR count). The minimum absolute atomic E-state index is 0.255. The van der Waals surface area contributed by atoms with E-state index >= 15 is 0 Å². The molecule has 0 bridgehead atoms. The predicted molar refractivity (Wildman–Crippen MR) is 103 cm³/mol. The zero-order chi connectivity index (χ0) is 20.7. The fourth-order valence-electron chi connectivity index (χ4n) is 2.53. The molecule has 1 amide bonds. The van der Waals surface area contributed by atoms with Crippen LogP contribution in [-0.4, -0.2) is 51.5 Å². The standard InChI is InChI=1S/C20H23NO7/c1-5-27-18-10-13(6-9-16(18)28-12-19(22)23)20(24)21(2)15-8-7-14(25-3)11-17(15)26-4/h6-11H,5,12H2,1-4H3,(H,22,23). The highest BCUT2D eigenvalue weighted by Gasteiger charge is 2.20. The lowest BCUT2D eigenvalue weighted by Gasteiger charge is -2.21. The normalized spacial score (nSPS) is 10.1. The number of rotatable bonds is 9. The molecule has 8 nitrogen and oxygen atoms in total.